The summed E-state index contributed by atoms with van der Waals surface area (Å²) in [4.78, 5) is 15.9. The first-order chi connectivity index (χ1) is 8.53. The number of rotatable bonds is 4. The van der Waals surface area contributed by atoms with Crippen molar-refractivity contribution >= 4 is 17.7 Å². The number of methoxy groups -OCH3 is 1. The predicted molar refractivity (Wildman–Crippen MR) is 70.4 cm³/mol. The largest absolute Gasteiger partial charge is 0.468 e. The number of aromatic nitrogens is 1. The Bertz CT molecular complexity index is 494. The van der Waals surface area contributed by atoms with Crippen molar-refractivity contribution in [3.8, 4) is 6.07 Å². The Kier molecular flexibility index (Phi) is 5.17. The summed E-state index contributed by atoms with van der Waals surface area (Å²) in [6, 6.07) is 4.00. The van der Waals surface area contributed by atoms with Crippen molar-refractivity contribution < 1.29 is 9.53 Å². The van der Waals surface area contributed by atoms with Gasteiger partial charge in [0, 0.05) is 5.69 Å². The number of thioether (sulfide) groups is 1. The molecule has 5 heteroatoms. The van der Waals surface area contributed by atoms with Crippen LogP contribution in [0.1, 0.15) is 30.2 Å². The standard InChI is InChI=1S/C13H16N2O2S/c1-5-11(13(16)17-4)18-12-10(7-14)8(2)6-9(3)15-12/h6,11H,5H2,1-4H3. The van der Waals surface area contributed by atoms with Gasteiger partial charge in [-0.25, -0.2) is 4.98 Å². The summed E-state index contributed by atoms with van der Waals surface area (Å²) < 4.78 is 4.74. The number of nitrogens with zero attached hydrogens (tertiary/aromatic N) is 2. The zero-order valence-electron chi connectivity index (χ0n) is 11.0. The Morgan fingerprint density at radius 3 is 2.78 bits per heavy atom. The van der Waals surface area contributed by atoms with Gasteiger partial charge < -0.3 is 4.74 Å². The van der Waals surface area contributed by atoms with Crippen molar-refractivity contribution in [1.29, 1.82) is 5.26 Å². The second-order valence-corrected chi connectivity index (χ2v) is 5.10. The van der Waals surface area contributed by atoms with Gasteiger partial charge in [0.1, 0.15) is 16.3 Å². The minimum absolute atomic E-state index is 0.285. The van der Waals surface area contributed by atoms with Gasteiger partial charge in [0.25, 0.3) is 0 Å². The normalized spacial score (nSPS) is 11.7. The molecule has 0 amide bonds. The van der Waals surface area contributed by atoms with Gasteiger partial charge in [-0.15, -0.1) is 0 Å². The lowest BCUT2D eigenvalue weighted by molar-refractivity contribution is -0.140. The van der Waals surface area contributed by atoms with Crippen LogP contribution < -0.4 is 0 Å². The van der Waals surface area contributed by atoms with E-state index in [0.29, 0.717) is 17.0 Å². The van der Waals surface area contributed by atoms with Crippen LogP contribution in [-0.2, 0) is 9.53 Å². The molecule has 0 fully saturated rings. The molecule has 4 nitrogen and oxygen atoms in total. The molecule has 0 saturated heterocycles. The highest BCUT2D eigenvalue weighted by atomic mass is 32.2. The van der Waals surface area contributed by atoms with Gasteiger partial charge in [-0.2, -0.15) is 5.26 Å². The first kappa shape index (κ1) is 14.5. The van der Waals surface area contributed by atoms with Crippen molar-refractivity contribution in [3.63, 3.8) is 0 Å². The van der Waals surface area contributed by atoms with Crippen LogP contribution in [0.2, 0.25) is 0 Å². The van der Waals surface area contributed by atoms with Crippen LogP contribution in [0.15, 0.2) is 11.1 Å². The van der Waals surface area contributed by atoms with Crippen LogP contribution in [0.4, 0.5) is 0 Å². The van der Waals surface area contributed by atoms with E-state index in [1.165, 1.54) is 18.9 Å². The molecule has 96 valence electrons. The summed E-state index contributed by atoms with van der Waals surface area (Å²) in [7, 11) is 1.37. The number of ether oxygens (including phenoxy) is 1. The molecule has 0 aromatic carbocycles. The van der Waals surface area contributed by atoms with Gasteiger partial charge in [0.15, 0.2) is 0 Å². The van der Waals surface area contributed by atoms with Crippen molar-refractivity contribution in [3.05, 3.63) is 22.9 Å². The molecule has 0 aliphatic heterocycles. The number of hydrogen-bond donors (Lipinski definition) is 0. The zero-order valence-corrected chi connectivity index (χ0v) is 11.8. The topological polar surface area (TPSA) is 63.0 Å². The highest BCUT2D eigenvalue weighted by molar-refractivity contribution is 8.00. The van der Waals surface area contributed by atoms with E-state index in [4.69, 9.17) is 10.00 Å². The molecular weight excluding hydrogens is 248 g/mol. The molecule has 1 atom stereocenters. The molecule has 1 rings (SSSR count). The molecule has 0 radical (unpaired) electrons. The van der Waals surface area contributed by atoms with Crippen LogP contribution in [-0.4, -0.2) is 23.3 Å². The fraction of sp³-hybridized carbons (Fsp3) is 0.462. The van der Waals surface area contributed by atoms with Crippen LogP contribution in [0, 0.1) is 25.2 Å². The molecule has 18 heavy (non-hydrogen) atoms. The number of carbonyl (C=O) groups is 1. The first-order valence-corrected chi connectivity index (χ1v) is 6.54. The van der Waals surface area contributed by atoms with Gasteiger partial charge in [-0.3, -0.25) is 4.79 Å². The van der Waals surface area contributed by atoms with E-state index in [1.807, 2.05) is 26.8 Å². The number of nitriles is 1. The molecule has 0 aliphatic carbocycles. The van der Waals surface area contributed by atoms with E-state index in [0.717, 1.165) is 11.3 Å². The van der Waals surface area contributed by atoms with Gasteiger partial charge in [-0.05, 0) is 31.9 Å². The number of esters is 1. The van der Waals surface area contributed by atoms with Gasteiger partial charge in [0.2, 0.25) is 0 Å². The maximum absolute atomic E-state index is 11.6. The molecule has 0 bridgehead atoms. The van der Waals surface area contributed by atoms with Crippen molar-refractivity contribution in [1.82, 2.24) is 4.98 Å². The van der Waals surface area contributed by atoms with E-state index < -0.39 is 0 Å². The minimum Gasteiger partial charge on any atom is -0.468 e. The SMILES string of the molecule is CCC(Sc1nc(C)cc(C)c1C#N)C(=O)OC. The Balaban J connectivity index is 3.10. The minimum atomic E-state index is -0.323. The molecule has 0 aliphatic rings. The Morgan fingerprint density at radius 1 is 1.61 bits per heavy atom. The quantitative estimate of drug-likeness (QED) is 0.618. The van der Waals surface area contributed by atoms with Crippen LogP contribution in [0.5, 0.6) is 0 Å². The molecule has 0 N–H and O–H groups in total. The van der Waals surface area contributed by atoms with Gasteiger partial charge >= 0.3 is 5.97 Å². The Hall–Kier alpha value is -1.54. The fourth-order valence-electron chi connectivity index (χ4n) is 1.59. The van der Waals surface area contributed by atoms with Crippen LogP contribution >= 0.6 is 11.8 Å². The second-order valence-electron chi connectivity index (χ2n) is 3.91. The smallest absolute Gasteiger partial charge is 0.319 e. The molecular formula is C13H16N2O2S. The second kappa shape index (κ2) is 6.41. The summed E-state index contributed by atoms with van der Waals surface area (Å²) in [5.41, 5.74) is 2.26. The summed E-state index contributed by atoms with van der Waals surface area (Å²) in [6.07, 6.45) is 0.636. The third-order valence-corrected chi connectivity index (χ3v) is 3.84. The number of pyridine rings is 1. The summed E-state index contributed by atoms with van der Waals surface area (Å²) in [5.74, 6) is -0.285. The van der Waals surface area contributed by atoms with E-state index in [9.17, 15) is 4.79 Å². The molecule has 0 saturated carbocycles. The summed E-state index contributed by atoms with van der Waals surface area (Å²) in [6.45, 7) is 5.65. The maximum atomic E-state index is 11.6. The lowest BCUT2D eigenvalue weighted by atomic mass is 10.1. The lowest BCUT2D eigenvalue weighted by Crippen LogP contribution is -2.18. The fourth-order valence-corrected chi connectivity index (χ4v) is 2.74. The maximum Gasteiger partial charge on any atom is 0.319 e. The highest BCUT2D eigenvalue weighted by Crippen LogP contribution is 2.29. The lowest BCUT2D eigenvalue weighted by Gasteiger charge is -2.13. The third kappa shape index (κ3) is 3.23. The van der Waals surface area contributed by atoms with Crippen LogP contribution in [0.3, 0.4) is 0 Å². The average molecular weight is 264 g/mol. The average Bonchev–Trinajstić information content (AvgIpc) is 2.34. The molecule has 1 unspecified atom stereocenters. The number of carbonyl (C=O) groups excluding carboxylic acids is 1. The number of hydrogen-bond acceptors (Lipinski definition) is 5. The number of aryl methyl sites for hydroxylation is 2. The van der Waals surface area contributed by atoms with Gasteiger partial charge in [-0.1, -0.05) is 18.7 Å². The van der Waals surface area contributed by atoms with E-state index in [1.54, 1.807) is 0 Å². The van der Waals surface area contributed by atoms with E-state index in [-0.39, 0.29) is 11.2 Å². The van der Waals surface area contributed by atoms with Gasteiger partial charge in [0.05, 0.1) is 12.7 Å². The molecule has 0 spiro atoms. The van der Waals surface area contributed by atoms with Crippen molar-refractivity contribution in [2.45, 2.75) is 37.5 Å². The van der Waals surface area contributed by atoms with Crippen molar-refractivity contribution in [2.75, 3.05) is 7.11 Å². The van der Waals surface area contributed by atoms with E-state index >= 15 is 0 Å². The summed E-state index contributed by atoms with van der Waals surface area (Å²) >= 11 is 1.29. The van der Waals surface area contributed by atoms with Crippen LogP contribution in [0.25, 0.3) is 0 Å². The monoisotopic (exact) mass is 264 g/mol. The molecule has 1 aromatic rings. The Morgan fingerprint density at radius 2 is 2.28 bits per heavy atom. The predicted octanol–water partition coefficient (Wildman–Crippen LogP) is 2.61. The third-order valence-electron chi connectivity index (χ3n) is 2.51. The summed E-state index contributed by atoms with van der Waals surface area (Å²) in [5, 5.41) is 9.43. The van der Waals surface area contributed by atoms with Crippen molar-refractivity contribution in [2.24, 2.45) is 0 Å². The zero-order chi connectivity index (χ0) is 13.7. The van der Waals surface area contributed by atoms with E-state index in [2.05, 4.69) is 11.1 Å². The first-order valence-electron chi connectivity index (χ1n) is 5.66. The molecule has 1 aromatic heterocycles. The highest BCUT2D eigenvalue weighted by Gasteiger charge is 2.21. The Labute approximate surface area is 111 Å². The molecule has 1 heterocycles.